The van der Waals surface area contributed by atoms with Gasteiger partial charge < -0.3 is 5.73 Å². The van der Waals surface area contributed by atoms with E-state index in [1.165, 1.54) is 11.3 Å². The van der Waals surface area contributed by atoms with Crippen molar-refractivity contribution in [2.24, 2.45) is 12.8 Å². The topological polar surface area (TPSA) is 74.5 Å². The molecule has 0 aliphatic carbocycles. The van der Waals surface area contributed by atoms with Gasteiger partial charge in [0.25, 0.3) is 0 Å². The predicted molar refractivity (Wildman–Crippen MR) is 64.6 cm³/mol. The SMILES string of the molecule is Cc1nn(Cc2cn(C)nn2)c(C)c1CCN. The third-order valence-corrected chi connectivity index (χ3v) is 2.89. The third-order valence-electron chi connectivity index (χ3n) is 2.89. The van der Waals surface area contributed by atoms with E-state index >= 15 is 0 Å². The number of hydrogen-bond acceptors (Lipinski definition) is 4. The molecule has 6 nitrogen and oxygen atoms in total. The number of nitrogens with zero attached hydrogens (tertiary/aromatic N) is 5. The Balaban J connectivity index is 2.24. The molecule has 2 aromatic rings. The van der Waals surface area contributed by atoms with E-state index < -0.39 is 0 Å². The van der Waals surface area contributed by atoms with Crippen LogP contribution in [0.25, 0.3) is 0 Å². The van der Waals surface area contributed by atoms with Crippen molar-refractivity contribution in [1.82, 2.24) is 24.8 Å². The molecule has 2 heterocycles. The second kappa shape index (κ2) is 4.67. The highest BCUT2D eigenvalue weighted by molar-refractivity contribution is 5.25. The summed E-state index contributed by atoms with van der Waals surface area (Å²) in [5.41, 5.74) is 9.98. The van der Waals surface area contributed by atoms with Crippen LogP contribution < -0.4 is 5.73 Å². The van der Waals surface area contributed by atoms with Crippen LogP contribution >= 0.6 is 0 Å². The molecule has 0 amide bonds. The highest BCUT2D eigenvalue weighted by Crippen LogP contribution is 2.14. The third kappa shape index (κ3) is 2.36. The molecule has 0 fully saturated rings. The summed E-state index contributed by atoms with van der Waals surface area (Å²) in [4.78, 5) is 0. The smallest absolute Gasteiger partial charge is 0.104 e. The number of aryl methyl sites for hydroxylation is 2. The monoisotopic (exact) mass is 234 g/mol. The Labute approximate surface area is 100 Å². The lowest BCUT2D eigenvalue weighted by Gasteiger charge is -2.02. The van der Waals surface area contributed by atoms with E-state index in [0.717, 1.165) is 17.8 Å². The maximum atomic E-state index is 5.60. The second-order valence-electron chi connectivity index (χ2n) is 4.23. The summed E-state index contributed by atoms with van der Waals surface area (Å²) < 4.78 is 3.66. The predicted octanol–water partition coefficient (Wildman–Crippen LogP) is 0.178. The number of hydrogen-bond donors (Lipinski definition) is 1. The zero-order chi connectivity index (χ0) is 12.4. The van der Waals surface area contributed by atoms with Crippen LogP contribution in [0.1, 0.15) is 22.6 Å². The molecule has 0 unspecified atom stereocenters. The molecule has 0 aliphatic rings. The molecule has 2 rings (SSSR count). The van der Waals surface area contributed by atoms with Gasteiger partial charge in [0.05, 0.1) is 12.2 Å². The summed E-state index contributed by atoms with van der Waals surface area (Å²) >= 11 is 0. The lowest BCUT2D eigenvalue weighted by Crippen LogP contribution is -2.07. The lowest BCUT2D eigenvalue weighted by molar-refractivity contribution is 0.643. The van der Waals surface area contributed by atoms with Crippen molar-refractivity contribution in [3.05, 3.63) is 28.8 Å². The van der Waals surface area contributed by atoms with E-state index in [1.807, 2.05) is 24.9 Å². The van der Waals surface area contributed by atoms with Gasteiger partial charge in [-0.15, -0.1) is 5.10 Å². The first kappa shape index (κ1) is 11.8. The Morgan fingerprint density at radius 1 is 1.35 bits per heavy atom. The van der Waals surface area contributed by atoms with Crippen LogP contribution in [0.3, 0.4) is 0 Å². The van der Waals surface area contributed by atoms with Crippen molar-refractivity contribution in [2.75, 3.05) is 6.54 Å². The molecule has 17 heavy (non-hydrogen) atoms. The quantitative estimate of drug-likeness (QED) is 0.818. The molecule has 2 aromatic heterocycles. The highest BCUT2D eigenvalue weighted by atomic mass is 15.4. The Morgan fingerprint density at radius 2 is 2.12 bits per heavy atom. The average molecular weight is 234 g/mol. The average Bonchev–Trinajstić information content (AvgIpc) is 2.79. The minimum atomic E-state index is 0.651. The van der Waals surface area contributed by atoms with E-state index in [9.17, 15) is 0 Å². The van der Waals surface area contributed by atoms with Crippen molar-refractivity contribution in [1.29, 1.82) is 0 Å². The Morgan fingerprint density at radius 3 is 2.71 bits per heavy atom. The summed E-state index contributed by atoms with van der Waals surface area (Å²) in [5, 5.41) is 12.5. The fraction of sp³-hybridized carbons (Fsp3) is 0.545. The van der Waals surface area contributed by atoms with Gasteiger partial charge in [0.2, 0.25) is 0 Å². The first-order valence-electron chi connectivity index (χ1n) is 5.70. The molecule has 0 radical (unpaired) electrons. The van der Waals surface area contributed by atoms with Crippen molar-refractivity contribution < 1.29 is 0 Å². The number of aromatic nitrogens is 5. The van der Waals surface area contributed by atoms with Gasteiger partial charge in [0.1, 0.15) is 5.69 Å². The first-order chi connectivity index (χ1) is 8.11. The van der Waals surface area contributed by atoms with E-state index in [4.69, 9.17) is 5.73 Å². The Bertz CT molecular complexity index is 510. The molecule has 92 valence electrons. The lowest BCUT2D eigenvalue weighted by atomic mass is 10.1. The minimum Gasteiger partial charge on any atom is -0.330 e. The number of nitrogens with two attached hydrogens (primary N) is 1. The van der Waals surface area contributed by atoms with Crippen LogP contribution in [-0.4, -0.2) is 31.3 Å². The molecule has 6 heteroatoms. The van der Waals surface area contributed by atoms with Crippen LogP contribution in [-0.2, 0) is 20.0 Å². The standard InChI is InChI=1S/C11H18N6/c1-8-11(4-5-12)9(2)17(14-8)7-10-6-16(3)15-13-10/h6H,4-5,7,12H2,1-3H3. The molecule has 0 aromatic carbocycles. The van der Waals surface area contributed by atoms with Crippen LogP contribution in [0, 0.1) is 13.8 Å². The number of rotatable bonds is 4. The van der Waals surface area contributed by atoms with Crippen LogP contribution in [0.4, 0.5) is 0 Å². The molecule has 0 saturated heterocycles. The second-order valence-corrected chi connectivity index (χ2v) is 4.23. The van der Waals surface area contributed by atoms with E-state index in [-0.39, 0.29) is 0 Å². The molecule has 2 N–H and O–H groups in total. The zero-order valence-corrected chi connectivity index (χ0v) is 10.5. The van der Waals surface area contributed by atoms with Gasteiger partial charge in [-0.2, -0.15) is 5.10 Å². The molecule has 0 bridgehead atoms. The van der Waals surface area contributed by atoms with Gasteiger partial charge in [-0.1, -0.05) is 5.21 Å². The summed E-state index contributed by atoms with van der Waals surface area (Å²) in [5.74, 6) is 0. The van der Waals surface area contributed by atoms with Gasteiger partial charge in [0, 0.05) is 18.9 Å². The molecular weight excluding hydrogens is 216 g/mol. The summed E-state index contributed by atoms with van der Waals surface area (Å²) in [6, 6.07) is 0. The molecule has 0 aliphatic heterocycles. The van der Waals surface area contributed by atoms with Crippen molar-refractivity contribution in [3.63, 3.8) is 0 Å². The molecule has 0 saturated carbocycles. The van der Waals surface area contributed by atoms with Crippen molar-refractivity contribution in [3.8, 4) is 0 Å². The zero-order valence-electron chi connectivity index (χ0n) is 10.5. The van der Waals surface area contributed by atoms with E-state index in [2.05, 4.69) is 22.3 Å². The van der Waals surface area contributed by atoms with Gasteiger partial charge in [0.15, 0.2) is 0 Å². The van der Waals surface area contributed by atoms with Crippen molar-refractivity contribution in [2.45, 2.75) is 26.8 Å². The van der Waals surface area contributed by atoms with Gasteiger partial charge in [-0.3, -0.25) is 9.36 Å². The molecular formula is C11H18N6. The molecule has 0 spiro atoms. The normalized spacial score (nSPS) is 11.1. The van der Waals surface area contributed by atoms with Gasteiger partial charge >= 0.3 is 0 Å². The maximum absolute atomic E-state index is 5.60. The van der Waals surface area contributed by atoms with Crippen molar-refractivity contribution >= 4 is 0 Å². The fourth-order valence-corrected chi connectivity index (χ4v) is 2.02. The van der Waals surface area contributed by atoms with Gasteiger partial charge in [-0.05, 0) is 32.4 Å². The largest absolute Gasteiger partial charge is 0.330 e. The summed E-state index contributed by atoms with van der Waals surface area (Å²) in [6.45, 7) is 5.40. The first-order valence-corrected chi connectivity index (χ1v) is 5.70. The highest BCUT2D eigenvalue weighted by Gasteiger charge is 2.11. The minimum absolute atomic E-state index is 0.651. The fourth-order valence-electron chi connectivity index (χ4n) is 2.02. The van der Waals surface area contributed by atoms with Crippen LogP contribution in [0.15, 0.2) is 6.20 Å². The Kier molecular flexibility index (Phi) is 3.23. The van der Waals surface area contributed by atoms with Crippen LogP contribution in [0.5, 0.6) is 0 Å². The Hall–Kier alpha value is -1.69. The van der Waals surface area contributed by atoms with E-state index in [0.29, 0.717) is 13.1 Å². The molecule has 0 atom stereocenters. The maximum Gasteiger partial charge on any atom is 0.104 e. The van der Waals surface area contributed by atoms with Gasteiger partial charge in [-0.25, -0.2) is 0 Å². The summed E-state index contributed by atoms with van der Waals surface area (Å²) in [7, 11) is 1.86. The van der Waals surface area contributed by atoms with E-state index in [1.54, 1.807) is 4.68 Å². The summed E-state index contributed by atoms with van der Waals surface area (Å²) in [6.07, 6.45) is 2.77. The van der Waals surface area contributed by atoms with Crippen LogP contribution in [0.2, 0.25) is 0 Å².